The van der Waals surface area contributed by atoms with Crippen LogP contribution in [0.5, 0.6) is 17.2 Å². The lowest BCUT2D eigenvalue weighted by Gasteiger charge is -2.33. The van der Waals surface area contributed by atoms with Crippen molar-refractivity contribution >= 4 is 23.1 Å². The second-order valence-corrected chi connectivity index (χ2v) is 8.14. The number of carbonyl (C=O) groups is 2. The van der Waals surface area contributed by atoms with Gasteiger partial charge in [-0.05, 0) is 30.5 Å². The molecule has 0 radical (unpaired) electrons. The fourth-order valence-corrected chi connectivity index (χ4v) is 4.65. The Morgan fingerprint density at radius 1 is 0.939 bits per heavy atom. The summed E-state index contributed by atoms with van der Waals surface area (Å²) in [6, 6.07) is 10.7. The molecular weight excluding hydrogens is 424 g/mol. The van der Waals surface area contributed by atoms with Crippen LogP contribution in [0.2, 0.25) is 0 Å². The summed E-state index contributed by atoms with van der Waals surface area (Å²) in [5, 5.41) is 6.93. The molecule has 0 aromatic heterocycles. The number of hydrogen-bond donors (Lipinski definition) is 2. The van der Waals surface area contributed by atoms with Crippen molar-refractivity contribution in [3.63, 3.8) is 0 Å². The Hall–Kier alpha value is -3.68. The van der Waals surface area contributed by atoms with Gasteiger partial charge in [0.15, 0.2) is 17.3 Å². The molecule has 3 atom stereocenters. The topological polar surface area (TPSA) is 95.1 Å². The summed E-state index contributed by atoms with van der Waals surface area (Å²) in [5.41, 5.74) is 3.61. The highest BCUT2D eigenvalue weighted by molar-refractivity contribution is 6.11. The van der Waals surface area contributed by atoms with E-state index in [2.05, 4.69) is 10.6 Å². The summed E-state index contributed by atoms with van der Waals surface area (Å²) in [4.78, 5) is 26.3. The number of esters is 1. The molecule has 1 heterocycles. The number of anilines is 2. The average molecular weight is 453 g/mol. The SMILES string of the molecule is COC(=O)[C@H]1C(=O)C2=C(C[C@@H]1C)Nc1ccccc1N[C@H]2c1cc(OC)c(OC)cc1OC. The number of ketones is 1. The lowest BCUT2D eigenvalue weighted by Crippen LogP contribution is -2.39. The van der Waals surface area contributed by atoms with Crippen molar-refractivity contribution in [1.29, 1.82) is 0 Å². The molecule has 0 spiro atoms. The van der Waals surface area contributed by atoms with Gasteiger partial charge in [-0.15, -0.1) is 0 Å². The largest absolute Gasteiger partial charge is 0.496 e. The average Bonchev–Trinajstić information content (AvgIpc) is 2.99. The maximum atomic E-state index is 13.8. The summed E-state index contributed by atoms with van der Waals surface area (Å²) in [7, 11) is 5.97. The van der Waals surface area contributed by atoms with E-state index in [0.717, 1.165) is 17.1 Å². The van der Waals surface area contributed by atoms with Crippen molar-refractivity contribution < 1.29 is 28.5 Å². The third-order valence-electron chi connectivity index (χ3n) is 6.27. The van der Waals surface area contributed by atoms with Gasteiger partial charge in [0.25, 0.3) is 0 Å². The Morgan fingerprint density at radius 2 is 1.58 bits per heavy atom. The first kappa shape index (κ1) is 22.5. The molecule has 4 rings (SSSR count). The fourth-order valence-electron chi connectivity index (χ4n) is 4.65. The lowest BCUT2D eigenvalue weighted by atomic mass is 9.74. The van der Waals surface area contributed by atoms with E-state index in [-0.39, 0.29) is 11.7 Å². The van der Waals surface area contributed by atoms with Gasteiger partial charge >= 0.3 is 5.97 Å². The van der Waals surface area contributed by atoms with Crippen molar-refractivity contribution in [2.24, 2.45) is 11.8 Å². The first-order chi connectivity index (χ1) is 15.9. The van der Waals surface area contributed by atoms with Crippen LogP contribution in [-0.2, 0) is 14.3 Å². The molecule has 8 nitrogen and oxygen atoms in total. The molecule has 2 aromatic carbocycles. The molecule has 8 heteroatoms. The molecular formula is C25H28N2O6. The zero-order chi connectivity index (χ0) is 23.7. The van der Waals surface area contributed by atoms with E-state index in [1.807, 2.05) is 31.2 Å². The first-order valence-corrected chi connectivity index (χ1v) is 10.7. The molecule has 2 aliphatic rings. The molecule has 0 saturated carbocycles. The molecule has 0 saturated heterocycles. The molecule has 174 valence electrons. The van der Waals surface area contributed by atoms with Gasteiger partial charge in [0.2, 0.25) is 0 Å². The number of methoxy groups -OCH3 is 4. The van der Waals surface area contributed by atoms with Crippen molar-refractivity contribution in [3.05, 3.63) is 53.2 Å². The number of para-hydroxylation sites is 2. The molecule has 0 unspecified atom stereocenters. The second-order valence-electron chi connectivity index (χ2n) is 8.14. The minimum atomic E-state index is -0.882. The number of Topliss-reactive ketones (excluding diaryl/α,β-unsaturated/α-hetero) is 1. The number of hydrogen-bond acceptors (Lipinski definition) is 8. The first-order valence-electron chi connectivity index (χ1n) is 10.7. The van der Waals surface area contributed by atoms with E-state index in [4.69, 9.17) is 18.9 Å². The Balaban J connectivity index is 1.94. The molecule has 0 fully saturated rings. The third-order valence-corrected chi connectivity index (χ3v) is 6.27. The van der Waals surface area contributed by atoms with E-state index in [1.54, 1.807) is 33.5 Å². The van der Waals surface area contributed by atoms with Gasteiger partial charge in [0.1, 0.15) is 11.7 Å². The van der Waals surface area contributed by atoms with Crippen LogP contribution >= 0.6 is 0 Å². The van der Waals surface area contributed by atoms with Crippen LogP contribution in [0.15, 0.2) is 47.7 Å². The highest BCUT2D eigenvalue weighted by Gasteiger charge is 2.45. The van der Waals surface area contributed by atoms with E-state index in [0.29, 0.717) is 34.8 Å². The van der Waals surface area contributed by atoms with E-state index in [9.17, 15) is 9.59 Å². The van der Waals surface area contributed by atoms with Gasteiger partial charge in [-0.25, -0.2) is 0 Å². The van der Waals surface area contributed by atoms with E-state index < -0.39 is 17.9 Å². The van der Waals surface area contributed by atoms with Crippen LogP contribution < -0.4 is 24.8 Å². The van der Waals surface area contributed by atoms with Gasteiger partial charge in [-0.2, -0.15) is 0 Å². The molecule has 1 aliphatic carbocycles. The predicted molar refractivity (Wildman–Crippen MR) is 124 cm³/mol. The third kappa shape index (κ3) is 3.86. The molecule has 33 heavy (non-hydrogen) atoms. The normalized spacial score (nSPS) is 21.6. The standard InChI is InChI=1S/C25H28N2O6/c1-13-10-17-22(24(28)21(13)25(29)33-5)23(27-16-9-7-6-8-15(16)26-17)14-11-19(31-3)20(32-4)12-18(14)30-2/h6-9,11-13,21,23,26-27H,10H2,1-5H3/t13-,21+,23-/m0/s1. The number of ether oxygens (including phenoxy) is 4. The maximum Gasteiger partial charge on any atom is 0.316 e. The molecule has 2 aromatic rings. The van der Waals surface area contributed by atoms with Crippen molar-refractivity contribution in [2.75, 3.05) is 39.1 Å². The quantitative estimate of drug-likeness (QED) is 0.520. The van der Waals surface area contributed by atoms with Crippen LogP contribution in [-0.4, -0.2) is 40.2 Å². The highest BCUT2D eigenvalue weighted by Crippen LogP contribution is 2.47. The number of allylic oxidation sites excluding steroid dienone is 1. The Morgan fingerprint density at radius 3 is 2.21 bits per heavy atom. The Kier molecular flexibility index (Phi) is 6.18. The number of benzene rings is 2. The van der Waals surface area contributed by atoms with Crippen molar-refractivity contribution in [3.8, 4) is 17.2 Å². The maximum absolute atomic E-state index is 13.8. The van der Waals surface area contributed by atoms with E-state index in [1.165, 1.54) is 7.11 Å². The number of carbonyl (C=O) groups excluding carboxylic acids is 2. The molecule has 1 aliphatic heterocycles. The summed E-state index contributed by atoms with van der Waals surface area (Å²) in [5.74, 6) is -0.359. The Labute approximate surface area is 192 Å². The van der Waals surface area contributed by atoms with Gasteiger partial charge in [0.05, 0.1) is 45.9 Å². The van der Waals surface area contributed by atoms with E-state index >= 15 is 0 Å². The van der Waals surface area contributed by atoms with Crippen molar-refractivity contribution in [1.82, 2.24) is 0 Å². The van der Waals surface area contributed by atoms with Crippen LogP contribution in [0, 0.1) is 11.8 Å². The number of nitrogens with one attached hydrogen (secondary N) is 2. The fraction of sp³-hybridized carbons (Fsp3) is 0.360. The highest BCUT2D eigenvalue weighted by atomic mass is 16.5. The monoisotopic (exact) mass is 452 g/mol. The van der Waals surface area contributed by atoms with Gasteiger partial charge < -0.3 is 29.6 Å². The van der Waals surface area contributed by atoms with Gasteiger partial charge in [-0.1, -0.05) is 19.1 Å². The lowest BCUT2D eigenvalue weighted by molar-refractivity contribution is -0.151. The zero-order valence-electron chi connectivity index (χ0n) is 19.4. The van der Waals surface area contributed by atoms with Gasteiger partial charge in [-0.3, -0.25) is 9.59 Å². The Bertz CT molecular complexity index is 1130. The predicted octanol–water partition coefficient (Wildman–Crippen LogP) is 3.94. The minimum Gasteiger partial charge on any atom is -0.496 e. The summed E-state index contributed by atoms with van der Waals surface area (Å²) in [6.07, 6.45) is 0.517. The van der Waals surface area contributed by atoms with Crippen LogP contribution in [0.1, 0.15) is 24.9 Å². The number of rotatable bonds is 5. The van der Waals surface area contributed by atoms with Crippen molar-refractivity contribution in [2.45, 2.75) is 19.4 Å². The number of fused-ring (bicyclic) bond motifs is 1. The van der Waals surface area contributed by atoms with Gasteiger partial charge in [0, 0.05) is 22.9 Å². The van der Waals surface area contributed by atoms with Crippen LogP contribution in [0.4, 0.5) is 11.4 Å². The smallest absolute Gasteiger partial charge is 0.316 e. The molecule has 0 bridgehead atoms. The zero-order valence-corrected chi connectivity index (χ0v) is 19.4. The summed E-state index contributed by atoms with van der Waals surface area (Å²) in [6.45, 7) is 1.89. The van der Waals surface area contributed by atoms with Crippen LogP contribution in [0.3, 0.4) is 0 Å². The second kappa shape index (κ2) is 9.05. The summed E-state index contributed by atoms with van der Waals surface area (Å²) < 4.78 is 21.6. The molecule has 0 amide bonds. The summed E-state index contributed by atoms with van der Waals surface area (Å²) >= 11 is 0. The minimum absolute atomic E-state index is 0.214. The van der Waals surface area contributed by atoms with Crippen LogP contribution in [0.25, 0.3) is 0 Å². The molecule has 2 N–H and O–H groups in total.